The molecule has 5 nitrogen and oxygen atoms in total. The molecule has 1 aromatic rings. The second kappa shape index (κ2) is 5.79. The Morgan fingerprint density at radius 1 is 1.45 bits per heavy atom. The molecular formula is C15H22N2O3. The summed E-state index contributed by atoms with van der Waals surface area (Å²) in [6.07, 6.45) is 3.23. The monoisotopic (exact) mass is 278 g/mol. The summed E-state index contributed by atoms with van der Waals surface area (Å²) in [4.78, 5) is 23.9. The van der Waals surface area contributed by atoms with E-state index in [1.807, 2.05) is 16.8 Å². The lowest BCUT2D eigenvalue weighted by Crippen LogP contribution is -2.32. The number of methoxy groups -OCH3 is 1. The first-order valence-electron chi connectivity index (χ1n) is 6.90. The Balaban J connectivity index is 2.08. The fourth-order valence-electron chi connectivity index (χ4n) is 2.65. The Morgan fingerprint density at radius 3 is 2.90 bits per heavy atom. The zero-order valence-electron chi connectivity index (χ0n) is 12.4. The Morgan fingerprint density at radius 2 is 2.20 bits per heavy atom. The molecule has 5 heteroatoms. The maximum atomic E-state index is 12.1. The summed E-state index contributed by atoms with van der Waals surface area (Å²) in [5.74, 6) is 0.117. The first-order chi connectivity index (χ1) is 9.43. The average molecular weight is 278 g/mol. The fourth-order valence-corrected chi connectivity index (χ4v) is 2.65. The van der Waals surface area contributed by atoms with Crippen LogP contribution in [0.5, 0.6) is 0 Å². The minimum Gasteiger partial charge on any atom is -0.383 e. The number of ketones is 1. The number of nitrogens with one attached hydrogen (secondary N) is 1. The van der Waals surface area contributed by atoms with E-state index in [2.05, 4.69) is 19.2 Å². The van der Waals surface area contributed by atoms with Crippen molar-refractivity contribution in [2.45, 2.75) is 33.2 Å². The van der Waals surface area contributed by atoms with Gasteiger partial charge in [-0.15, -0.1) is 0 Å². The van der Waals surface area contributed by atoms with Crippen LogP contribution < -0.4 is 5.32 Å². The predicted octanol–water partition coefficient (Wildman–Crippen LogP) is 1.41. The summed E-state index contributed by atoms with van der Waals surface area (Å²) in [7, 11) is 1.60. The molecule has 0 radical (unpaired) electrons. The minimum absolute atomic E-state index is 0.0350. The molecule has 0 atom stereocenters. The van der Waals surface area contributed by atoms with Crippen LogP contribution in [0.1, 0.15) is 36.3 Å². The fraction of sp³-hybridized carbons (Fsp3) is 0.600. The summed E-state index contributed by atoms with van der Waals surface area (Å²) in [6.45, 7) is 5.43. The second-order valence-electron chi connectivity index (χ2n) is 6.09. The third kappa shape index (κ3) is 3.28. The van der Waals surface area contributed by atoms with E-state index in [4.69, 9.17) is 4.74 Å². The minimum atomic E-state index is -0.0590. The van der Waals surface area contributed by atoms with Gasteiger partial charge in [0.25, 0.3) is 0 Å². The molecule has 0 spiro atoms. The molecule has 0 unspecified atom stereocenters. The molecule has 20 heavy (non-hydrogen) atoms. The van der Waals surface area contributed by atoms with E-state index in [1.54, 1.807) is 7.11 Å². The normalized spacial score (nSPS) is 16.9. The highest BCUT2D eigenvalue weighted by Crippen LogP contribution is 2.35. The lowest BCUT2D eigenvalue weighted by atomic mass is 9.76. The van der Waals surface area contributed by atoms with Crippen molar-refractivity contribution in [3.05, 3.63) is 23.5 Å². The quantitative estimate of drug-likeness (QED) is 0.828. The van der Waals surface area contributed by atoms with Gasteiger partial charge in [-0.2, -0.15) is 0 Å². The van der Waals surface area contributed by atoms with Crippen molar-refractivity contribution >= 4 is 11.7 Å². The van der Waals surface area contributed by atoms with Crippen LogP contribution in [-0.2, 0) is 22.5 Å². The molecular weight excluding hydrogens is 256 g/mol. The van der Waals surface area contributed by atoms with E-state index in [9.17, 15) is 9.59 Å². The molecule has 0 aromatic carbocycles. The number of amides is 1. The molecule has 0 bridgehead atoms. The zero-order chi connectivity index (χ0) is 14.8. The Kier molecular flexibility index (Phi) is 4.28. The van der Waals surface area contributed by atoms with Gasteiger partial charge in [-0.05, 0) is 17.9 Å². The maximum absolute atomic E-state index is 12.1. The van der Waals surface area contributed by atoms with E-state index in [1.165, 1.54) is 0 Å². The molecule has 0 aliphatic heterocycles. The lowest BCUT2D eigenvalue weighted by molar-refractivity contribution is -0.121. The van der Waals surface area contributed by atoms with Crippen LogP contribution >= 0.6 is 0 Å². The van der Waals surface area contributed by atoms with Gasteiger partial charge in [-0.3, -0.25) is 9.59 Å². The van der Waals surface area contributed by atoms with Crippen LogP contribution in [0.2, 0.25) is 0 Å². The van der Waals surface area contributed by atoms with Gasteiger partial charge in [-0.1, -0.05) is 13.8 Å². The number of hydrogen-bond donors (Lipinski definition) is 1. The van der Waals surface area contributed by atoms with Crippen LogP contribution in [0, 0.1) is 5.41 Å². The third-order valence-corrected chi connectivity index (χ3v) is 3.61. The molecule has 1 aliphatic carbocycles. The van der Waals surface area contributed by atoms with Crippen molar-refractivity contribution in [2.75, 3.05) is 20.3 Å². The van der Waals surface area contributed by atoms with Gasteiger partial charge in [0.15, 0.2) is 5.78 Å². The lowest BCUT2D eigenvalue weighted by Gasteiger charge is -2.29. The number of ether oxygens (including phenoxy) is 1. The number of carbonyl (C=O) groups is 2. The number of nitrogens with zero attached hydrogens (tertiary/aromatic N) is 1. The summed E-state index contributed by atoms with van der Waals surface area (Å²) < 4.78 is 6.78. The highest BCUT2D eigenvalue weighted by atomic mass is 16.5. The highest BCUT2D eigenvalue weighted by molar-refractivity contribution is 5.99. The third-order valence-electron chi connectivity index (χ3n) is 3.61. The Bertz CT molecular complexity index is 517. The number of carbonyl (C=O) groups excluding carboxylic acids is 2. The van der Waals surface area contributed by atoms with Crippen LogP contribution in [0.15, 0.2) is 12.3 Å². The highest BCUT2D eigenvalue weighted by Gasteiger charge is 2.33. The number of rotatable bonds is 5. The number of fused-ring (bicyclic) bond motifs is 1. The molecule has 1 heterocycles. The van der Waals surface area contributed by atoms with E-state index in [-0.39, 0.29) is 23.7 Å². The Labute approximate surface area is 119 Å². The van der Waals surface area contributed by atoms with E-state index in [0.29, 0.717) is 19.6 Å². The number of hydrogen-bond acceptors (Lipinski definition) is 3. The van der Waals surface area contributed by atoms with Gasteiger partial charge >= 0.3 is 0 Å². The SMILES string of the molecule is COCCNC(=O)Cn1ccc2c1CC(C)(C)CC2=O. The topological polar surface area (TPSA) is 60.3 Å². The van der Waals surface area contributed by atoms with Crippen LogP contribution in [0.4, 0.5) is 0 Å². The van der Waals surface area contributed by atoms with Gasteiger partial charge in [0.05, 0.1) is 6.61 Å². The van der Waals surface area contributed by atoms with Crippen LogP contribution in [0.3, 0.4) is 0 Å². The zero-order valence-corrected chi connectivity index (χ0v) is 12.4. The van der Waals surface area contributed by atoms with E-state index in [0.717, 1.165) is 17.7 Å². The first-order valence-corrected chi connectivity index (χ1v) is 6.90. The second-order valence-corrected chi connectivity index (χ2v) is 6.09. The van der Waals surface area contributed by atoms with Crippen molar-refractivity contribution < 1.29 is 14.3 Å². The molecule has 0 saturated carbocycles. The van der Waals surface area contributed by atoms with Crippen molar-refractivity contribution in [3.63, 3.8) is 0 Å². The largest absolute Gasteiger partial charge is 0.383 e. The summed E-state index contributed by atoms with van der Waals surface area (Å²) in [5, 5.41) is 2.79. The molecule has 1 aromatic heterocycles. The predicted molar refractivity (Wildman–Crippen MR) is 75.8 cm³/mol. The molecule has 1 amide bonds. The van der Waals surface area contributed by atoms with Crippen molar-refractivity contribution in [1.29, 1.82) is 0 Å². The molecule has 1 aliphatic rings. The van der Waals surface area contributed by atoms with Gasteiger partial charge in [0.2, 0.25) is 5.91 Å². The number of Topliss-reactive ketones (excluding diaryl/α,β-unsaturated/α-hetero) is 1. The van der Waals surface area contributed by atoms with Crippen LogP contribution in [-0.4, -0.2) is 36.5 Å². The molecule has 0 fully saturated rings. The molecule has 110 valence electrons. The molecule has 0 saturated heterocycles. The maximum Gasteiger partial charge on any atom is 0.240 e. The smallest absolute Gasteiger partial charge is 0.240 e. The van der Waals surface area contributed by atoms with E-state index < -0.39 is 0 Å². The number of aromatic nitrogens is 1. The van der Waals surface area contributed by atoms with Crippen molar-refractivity contribution in [3.8, 4) is 0 Å². The first kappa shape index (κ1) is 14.8. The summed E-state index contributed by atoms with van der Waals surface area (Å²) >= 11 is 0. The van der Waals surface area contributed by atoms with Crippen molar-refractivity contribution in [1.82, 2.24) is 9.88 Å². The van der Waals surface area contributed by atoms with Gasteiger partial charge in [0, 0.05) is 37.5 Å². The molecule has 2 rings (SSSR count). The van der Waals surface area contributed by atoms with E-state index >= 15 is 0 Å². The average Bonchev–Trinajstić information content (AvgIpc) is 2.71. The van der Waals surface area contributed by atoms with Gasteiger partial charge in [-0.25, -0.2) is 0 Å². The summed E-state index contributed by atoms with van der Waals surface area (Å²) in [6, 6.07) is 1.83. The van der Waals surface area contributed by atoms with Gasteiger partial charge in [0.1, 0.15) is 6.54 Å². The van der Waals surface area contributed by atoms with Crippen LogP contribution in [0.25, 0.3) is 0 Å². The van der Waals surface area contributed by atoms with Gasteiger partial charge < -0.3 is 14.6 Å². The standard InChI is InChI=1S/C15H22N2O3/c1-15(2)8-12-11(13(18)9-15)4-6-17(12)10-14(19)16-5-7-20-3/h4,6H,5,7-10H2,1-3H3,(H,16,19). The summed E-state index contributed by atoms with van der Waals surface area (Å²) in [5.41, 5.74) is 1.72. The Hall–Kier alpha value is -1.62. The van der Waals surface area contributed by atoms with Crippen molar-refractivity contribution in [2.24, 2.45) is 5.41 Å². The molecule has 1 N–H and O–H groups in total.